The first kappa shape index (κ1) is 28.0. The lowest BCUT2D eigenvalue weighted by Crippen LogP contribution is -2.58. The summed E-state index contributed by atoms with van der Waals surface area (Å²) >= 11 is 0. The smallest absolute Gasteiger partial charge is 0.220 e. The molecule has 0 saturated heterocycles. The first-order valence-corrected chi connectivity index (χ1v) is 15.4. The van der Waals surface area contributed by atoms with E-state index in [1.54, 1.807) is 7.11 Å². The van der Waals surface area contributed by atoms with Gasteiger partial charge in [0.05, 0.1) is 19.3 Å². The fraction of sp³-hybridized carbons (Fsp3) is 0.788. The minimum Gasteiger partial charge on any atom is -0.496 e. The molecule has 5 rings (SSSR count). The van der Waals surface area contributed by atoms with Gasteiger partial charge in [0.1, 0.15) is 5.75 Å². The molecule has 0 aliphatic heterocycles. The van der Waals surface area contributed by atoms with E-state index in [0.717, 1.165) is 49.8 Å². The second-order valence-corrected chi connectivity index (χ2v) is 13.8. The maximum absolute atomic E-state index is 12.7. The summed E-state index contributed by atoms with van der Waals surface area (Å²) in [6.45, 7) is 7.81. The standard InChI is InChI=1S/C33H51NO4/c1-21(9-14-31(37)34-18-16-22-7-5-6-8-29(22)38-4)26-12-13-27-25-11-10-23-19-24(35)15-17-32(23,2)28(25)20-30(36)33(26,27)3/h5-8,21,23-28,30,35-36H,9-20H2,1-4H3,(H,34,37). The van der Waals surface area contributed by atoms with Crippen molar-refractivity contribution < 1.29 is 19.7 Å². The minimum absolute atomic E-state index is 0.0434. The predicted octanol–water partition coefficient (Wildman–Crippen LogP) is 5.76. The summed E-state index contributed by atoms with van der Waals surface area (Å²) in [4.78, 5) is 12.7. The van der Waals surface area contributed by atoms with Crippen LogP contribution in [0, 0.1) is 46.3 Å². The summed E-state index contributed by atoms with van der Waals surface area (Å²) in [6.07, 6.45) is 10.6. The van der Waals surface area contributed by atoms with Gasteiger partial charge in [-0.15, -0.1) is 0 Å². The molecule has 4 aliphatic carbocycles. The molecule has 4 saturated carbocycles. The van der Waals surface area contributed by atoms with E-state index in [4.69, 9.17) is 4.74 Å². The topological polar surface area (TPSA) is 78.8 Å². The van der Waals surface area contributed by atoms with Gasteiger partial charge in [0.15, 0.2) is 0 Å². The molecule has 0 bridgehead atoms. The number of methoxy groups -OCH3 is 1. The van der Waals surface area contributed by atoms with Crippen LogP contribution in [0.5, 0.6) is 5.75 Å². The highest BCUT2D eigenvalue weighted by atomic mass is 16.5. The normalized spacial score (nSPS) is 40.9. The van der Waals surface area contributed by atoms with Crippen LogP contribution >= 0.6 is 0 Å². The SMILES string of the molecule is COc1ccccc1CCNC(=O)CCC(C)C1CCC2C3CCC4CC(O)CCC4(C)C3CC(O)C12C. The molecular formula is C33H51NO4. The Morgan fingerprint density at radius 1 is 1.08 bits per heavy atom. The van der Waals surface area contributed by atoms with Gasteiger partial charge in [-0.25, -0.2) is 0 Å². The van der Waals surface area contributed by atoms with Crippen molar-refractivity contribution in [1.29, 1.82) is 0 Å². The van der Waals surface area contributed by atoms with Crippen molar-refractivity contribution in [1.82, 2.24) is 5.32 Å². The Hall–Kier alpha value is -1.59. The van der Waals surface area contributed by atoms with E-state index in [-0.39, 0.29) is 28.9 Å². The number of amides is 1. The zero-order valence-corrected chi connectivity index (χ0v) is 24.1. The second kappa shape index (κ2) is 11.1. The summed E-state index contributed by atoms with van der Waals surface area (Å²) in [5.74, 6) is 4.39. The van der Waals surface area contributed by atoms with Crippen LogP contribution in [0.4, 0.5) is 0 Å². The van der Waals surface area contributed by atoms with Crippen LogP contribution in [-0.4, -0.2) is 42.0 Å². The number of hydrogen-bond donors (Lipinski definition) is 3. The largest absolute Gasteiger partial charge is 0.496 e. The summed E-state index contributed by atoms with van der Waals surface area (Å²) in [7, 11) is 1.68. The molecule has 4 aliphatic rings. The number of para-hydroxylation sites is 1. The van der Waals surface area contributed by atoms with E-state index in [1.165, 1.54) is 25.7 Å². The van der Waals surface area contributed by atoms with E-state index in [0.29, 0.717) is 48.5 Å². The Balaban J connectivity index is 1.17. The second-order valence-electron chi connectivity index (χ2n) is 13.8. The fourth-order valence-corrected chi connectivity index (χ4v) is 10.1. The summed E-state index contributed by atoms with van der Waals surface area (Å²) in [5, 5.41) is 25.2. The van der Waals surface area contributed by atoms with Gasteiger partial charge in [0, 0.05) is 13.0 Å². The highest BCUT2D eigenvalue weighted by molar-refractivity contribution is 5.75. The molecule has 10 unspecified atom stereocenters. The average Bonchev–Trinajstić information content (AvgIpc) is 3.27. The molecule has 5 heteroatoms. The van der Waals surface area contributed by atoms with Gasteiger partial charge < -0.3 is 20.3 Å². The Kier molecular flexibility index (Phi) is 8.18. The van der Waals surface area contributed by atoms with Crippen LogP contribution in [0.1, 0.15) is 90.5 Å². The van der Waals surface area contributed by atoms with Gasteiger partial charge >= 0.3 is 0 Å². The van der Waals surface area contributed by atoms with E-state index < -0.39 is 0 Å². The summed E-state index contributed by atoms with van der Waals surface area (Å²) in [6, 6.07) is 7.98. The van der Waals surface area contributed by atoms with Crippen molar-refractivity contribution in [2.75, 3.05) is 13.7 Å². The molecule has 0 spiro atoms. The molecule has 10 atom stereocenters. The third kappa shape index (κ3) is 4.91. The molecule has 1 aromatic rings. The van der Waals surface area contributed by atoms with Crippen molar-refractivity contribution in [3.8, 4) is 5.75 Å². The number of hydrogen-bond acceptors (Lipinski definition) is 4. The number of ether oxygens (including phenoxy) is 1. The highest BCUT2D eigenvalue weighted by Gasteiger charge is 2.63. The maximum atomic E-state index is 12.7. The third-order valence-corrected chi connectivity index (χ3v) is 12.2. The van der Waals surface area contributed by atoms with Crippen LogP contribution in [0.25, 0.3) is 0 Å². The van der Waals surface area contributed by atoms with Gasteiger partial charge in [0.25, 0.3) is 0 Å². The number of carbonyl (C=O) groups excluding carboxylic acids is 1. The number of aliphatic hydroxyl groups excluding tert-OH is 2. The number of fused-ring (bicyclic) bond motifs is 5. The van der Waals surface area contributed by atoms with Crippen molar-refractivity contribution in [3.05, 3.63) is 29.8 Å². The van der Waals surface area contributed by atoms with Gasteiger partial charge in [-0.05, 0) is 122 Å². The Labute approximate surface area is 230 Å². The van der Waals surface area contributed by atoms with Gasteiger partial charge in [0.2, 0.25) is 5.91 Å². The first-order chi connectivity index (χ1) is 18.2. The van der Waals surface area contributed by atoms with Crippen LogP contribution in [0.15, 0.2) is 24.3 Å². The van der Waals surface area contributed by atoms with E-state index >= 15 is 0 Å². The zero-order chi connectivity index (χ0) is 27.1. The molecular weight excluding hydrogens is 474 g/mol. The van der Waals surface area contributed by atoms with Crippen molar-refractivity contribution >= 4 is 5.91 Å². The number of nitrogens with one attached hydrogen (secondary N) is 1. The molecule has 3 N–H and O–H groups in total. The number of benzene rings is 1. The maximum Gasteiger partial charge on any atom is 0.220 e. The van der Waals surface area contributed by atoms with E-state index in [1.807, 2.05) is 18.2 Å². The number of carbonyl (C=O) groups is 1. The Morgan fingerprint density at radius 3 is 2.66 bits per heavy atom. The molecule has 1 amide bonds. The molecule has 1 aromatic carbocycles. The van der Waals surface area contributed by atoms with Gasteiger partial charge in [-0.3, -0.25) is 4.79 Å². The van der Waals surface area contributed by atoms with E-state index in [9.17, 15) is 15.0 Å². The monoisotopic (exact) mass is 525 g/mol. The summed E-state index contributed by atoms with van der Waals surface area (Å²) < 4.78 is 5.43. The van der Waals surface area contributed by atoms with Crippen LogP contribution in [0.2, 0.25) is 0 Å². The molecule has 0 heterocycles. The van der Waals surface area contributed by atoms with Gasteiger partial charge in [-0.2, -0.15) is 0 Å². The van der Waals surface area contributed by atoms with Crippen molar-refractivity contribution in [3.63, 3.8) is 0 Å². The molecule has 0 aromatic heterocycles. The summed E-state index contributed by atoms with van der Waals surface area (Å²) in [5.41, 5.74) is 1.35. The third-order valence-electron chi connectivity index (χ3n) is 12.2. The molecule has 0 radical (unpaired) electrons. The van der Waals surface area contributed by atoms with Crippen molar-refractivity contribution in [2.24, 2.45) is 46.3 Å². The average molecular weight is 526 g/mol. The van der Waals surface area contributed by atoms with Crippen LogP contribution in [0.3, 0.4) is 0 Å². The van der Waals surface area contributed by atoms with Crippen LogP contribution in [-0.2, 0) is 11.2 Å². The highest BCUT2D eigenvalue weighted by Crippen LogP contribution is 2.68. The molecule has 38 heavy (non-hydrogen) atoms. The fourth-order valence-electron chi connectivity index (χ4n) is 10.1. The minimum atomic E-state index is -0.263. The van der Waals surface area contributed by atoms with E-state index in [2.05, 4.69) is 32.2 Å². The predicted molar refractivity (Wildman–Crippen MR) is 151 cm³/mol. The Morgan fingerprint density at radius 2 is 1.87 bits per heavy atom. The molecule has 5 nitrogen and oxygen atoms in total. The Bertz CT molecular complexity index is 981. The number of aliphatic hydroxyl groups is 2. The lowest BCUT2D eigenvalue weighted by atomic mass is 9.43. The van der Waals surface area contributed by atoms with Gasteiger partial charge in [-0.1, -0.05) is 39.0 Å². The lowest BCUT2D eigenvalue weighted by molar-refractivity contribution is -0.174. The van der Waals surface area contributed by atoms with Crippen LogP contribution < -0.4 is 10.1 Å². The molecule has 4 fully saturated rings. The first-order valence-electron chi connectivity index (χ1n) is 15.4. The lowest BCUT2D eigenvalue weighted by Gasteiger charge is -2.62. The quantitative estimate of drug-likeness (QED) is 0.403. The van der Waals surface area contributed by atoms with Crippen molar-refractivity contribution in [2.45, 2.75) is 104 Å². The zero-order valence-electron chi connectivity index (χ0n) is 24.1. The molecule has 212 valence electrons. The number of rotatable bonds is 8.